The number of aromatic nitrogens is 2. The first-order chi connectivity index (χ1) is 8.10. The molecule has 0 bridgehead atoms. The predicted octanol–water partition coefficient (Wildman–Crippen LogP) is -0.572. The number of aryl methyl sites for hydroxylation is 1. The SMILES string of the molecule is COCCC(CO)NC(=O)c1n[nH]c(C)c1N. The number of nitrogen functional groups attached to an aromatic ring is 1. The van der Waals surface area contributed by atoms with Crippen LogP contribution in [0, 0.1) is 6.92 Å². The van der Waals surface area contributed by atoms with Crippen molar-refractivity contribution in [1.29, 1.82) is 0 Å². The number of ether oxygens (including phenoxy) is 1. The first-order valence-corrected chi connectivity index (χ1v) is 5.31. The van der Waals surface area contributed by atoms with Gasteiger partial charge in [0.1, 0.15) is 0 Å². The van der Waals surface area contributed by atoms with E-state index in [2.05, 4.69) is 15.5 Å². The second-order valence-corrected chi connectivity index (χ2v) is 3.75. The van der Waals surface area contributed by atoms with E-state index in [4.69, 9.17) is 15.6 Å². The van der Waals surface area contributed by atoms with Crippen molar-refractivity contribution in [2.75, 3.05) is 26.1 Å². The number of aliphatic hydroxyl groups excluding tert-OH is 1. The Kier molecular flexibility index (Phi) is 4.92. The molecule has 0 saturated carbocycles. The van der Waals surface area contributed by atoms with Gasteiger partial charge in [-0.1, -0.05) is 0 Å². The van der Waals surface area contributed by atoms with Gasteiger partial charge in [0.25, 0.3) is 5.91 Å². The van der Waals surface area contributed by atoms with Crippen LogP contribution in [-0.2, 0) is 4.74 Å². The molecule has 0 spiro atoms. The minimum atomic E-state index is -0.401. The molecular formula is C10H18N4O3. The lowest BCUT2D eigenvalue weighted by molar-refractivity contribution is 0.0890. The van der Waals surface area contributed by atoms with Gasteiger partial charge in [-0.05, 0) is 13.3 Å². The molecule has 0 radical (unpaired) electrons. The van der Waals surface area contributed by atoms with Gasteiger partial charge >= 0.3 is 0 Å². The van der Waals surface area contributed by atoms with Gasteiger partial charge in [-0.25, -0.2) is 0 Å². The van der Waals surface area contributed by atoms with Gasteiger partial charge in [0.15, 0.2) is 5.69 Å². The molecule has 1 unspecified atom stereocenters. The quantitative estimate of drug-likeness (QED) is 0.533. The third-order valence-corrected chi connectivity index (χ3v) is 2.44. The predicted molar refractivity (Wildman–Crippen MR) is 62.6 cm³/mol. The Balaban J connectivity index is 2.61. The maximum atomic E-state index is 11.8. The van der Waals surface area contributed by atoms with Crippen LogP contribution in [0.15, 0.2) is 0 Å². The van der Waals surface area contributed by atoms with E-state index < -0.39 is 5.91 Å². The van der Waals surface area contributed by atoms with Gasteiger partial charge in [0, 0.05) is 13.7 Å². The van der Waals surface area contributed by atoms with E-state index in [1.54, 1.807) is 14.0 Å². The number of nitrogens with zero attached hydrogens (tertiary/aromatic N) is 1. The van der Waals surface area contributed by atoms with E-state index in [1.165, 1.54) is 0 Å². The third-order valence-electron chi connectivity index (χ3n) is 2.44. The van der Waals surface area contributed by atoms with Gasteiger partial charge < -0.3 is 20.9 Å². The molecule has 7 heteroatoms. The molecule has 0 aromatic carbocycles. The fourth-order valence-corrected chi connectivity index (χ4v) is 1.33. The molecule has 0 saturated heterocycles. The van der Waals surface area contributed by atoms with Crippen molar-refractivity contribution < 1.29 is 14.6 Å². The lowest BCUT2D eigenvalue weighted by atomic mass is 10.2. The van der Waals surface area contributed by atoms with Crippen LogP contribution in [0.2, 0.25) is 0 Å². The minimum absolute atomic E-state index is 0.151. The average molecular weight is 242 g/mol. The highest BCUT2D eigenvalue weighted by atomic mass is 16.5. The summed E-state index contributed by atoms with van der Waals surface area (Å²) in [4.78, 5) is 11.8. The summed E-state index contributed by atoms with van der Waals surface area (Å²) in [6, 6.07) is -0.362. The number of hydrogen-bond donors (Lipinski definition) is 4. The number of amides is 1. The number of nitrogens with one attached hydrogen (secondary N) is 2. The van der Waals surface area contributed by atoms with Crippen molar-refractivity contribution in [3.63, 3.8) is 0 Å². The van der Waals surface area contributed by atoms with Crippen LogP contribution in [0.5, 0.6) is 0 Å². The molecule has 5 N–H and O–H groups in total. The highest BCUT2D eigenvalue weighted by Gasteiger charge is 2.18. The van der Waals surface area contributed by atoms with Crippen LogP contribution in [0.1, 0.15) is 22.6 Å². The number of carbonyl (C=O) groups excluding carboxylic acids is 1. The monoisotopic (exact) mass is 242 g/mol. The number of hydrogen-bond acceptors (Lipinski definition) is 5. The zero-order chi connectivity index (χ0) is 12.8. The Labute approximate surface area is 99.3 Å². The summed E-state index contributed by atoms with van der Waals surface area (Å²) in [7, 11) is 1.56. The number of carbonyl (C=O) groups is 1. The fourth-order valence-electron chi connectivity index (χ4n) is 1.33. The number of rotatable bonds is 6. The second-order valence-electron chi connectivity index (χ2n) is 3.75. The Hall–Kier alpha value is -1.60. The van der Waals surface area contributed by atoms with Crippen molar-refractivity contribution in [1.82, 2.24) is 15.5 Å². The van der Waals surface area contributed by atoms with Crippen molar-refractivity contribution >= 4 is 11.6 Å². The van der Waals surface area contributed by atoms with E-state index in [-0.39, 0.29) is 18.3 Å². The van der Waals surface area contributed by atoms with Crippen LogP contribution in [0.25, 0.3) is 0 Å². The molecule has 1 aromatic heterocycles. The minimum Gasteiger partial charge on any atom is -0.395 e. The van der Waals surface area contributed by atoms with Crippen LogP contribution in [-0.4, -0.2) is 47.6 Å². The molecular weight excluding hydrogens is 224 g/mol. The maximum absolute atomic E-state index is 11.8. The van der Waals surface area contributed by atoms with Gasteiger partial charge in [-0.2, -0.15) is 5.10 Å². The van der Waals surface area contributed by atoms with E-state index in [1.807, 2.05) is 0 Å². The van der Waals surface area contributed by atoms with E-state index in [9.17, 15) is 4.79 Å². The molecule has 96 valence electrons. The van der Waals surface area contributed by atoms with Gasteiger partial charge in [-0.3, -0.25) is 9.89 Å². The van der Waals surface area contributed by atoms with Crippen molar-refractivity contribution in [3.05, 3.63) is 11.4 Å². The molecule has 1 atom stereocenters. The molecule has 1 rings (SSSR count). The summed E-state index contributed by atoms with van der Waals surface area (Å²) in [5.74, 6) is -0.401. The van der Waals surface area contributed by atoms with Crippen LogP contribution in [0.4, 0.5) is 5.69 Å². The Morgan fingerprint density at radius 2 is 2.41 bits per heavy atom. The molecule has 7 nitrogen and oxygen atoms in total. The van der Waals surface area contributed by atoms with E-state index >= 15 is 0 Å². The number of nitrogens with two attached hydrogens (primary N) is 1. The topological polar surface area (TPSA) is 113 Å². The number of H-pyrrole nitrogens is 1. The summed E-state index contributed by atoms with van der Waals surface area (Å²) in [5, 5.41) is 18.2. The Bertz CT molecular complexity index is 378. The first-order valence-electron chi connectivity index (χ1n) is 5.31. The summed E-state index contributed by atoms with van der Waals surface area (Å²) >= 11 is 0. The smallest absolute Gasteiger partial charge is 0.274 e. The molecule has 17 heavy (non-hydrogen) atoms. The Morgan fingerprint density at radius 1 is 1.71 bits per heavy atom. The molecule has 1 amide bonds. The number of methoxy groups -OCH3 is 1. The fraction of sp³-hybridized carbons (Fsp3) is 0.600. The van der Waals surface area contributed by atoms with Crippen LogP contribution < -0.4 is 11.1 Å². The van der Waals surface area contributed by atoms with E-state index in [0.717, 1.165) is 0 Å². The lowest BCUT2D eigenvalue weighted by Crippen LogP contribution is -2.38. The summed E-state index contributed by atoms with van der Waals surface area (Å²) in [6.07, 6.45) is 0.530. The number of aliphatic hydroxyl groups is 1. The van der Waals surface area contributed by atoms with Crippen LogP contribution in [0.3, 0.4) is 0 Å². The third kappa shape index (κ3) is 3.43. The van der Waals surface area contributed by atoms with Crippen LogP contribution >= 0.6 is 0 Å². The number of anilines is 1. The second kappa shape index (κ2) is 6.21. The summed E-state index contributed by atoms with van der Waals surface area (Å²) in [5.41, 5.74) is 6.80. The van der Waals surface area contributed by atoms with Crippen molar-refractivity contribution in [2.45, 2.75) is 19.4 Å². The van der Waals surface area contributed by atoms with E-state index in [0.29, 0.717) is 24.4 Å². The molecule has 0 aliphatic carbocycles. The molecule has 0 aliphatic rings. The molecule has 0 fully saturated rings. The van der Waals surface area contributed by atoms with Crippen molar-refractivity contribution in [2.24, 2.45) is 0 Å². The zero-order valence-corrected chi connectivity index (χ0v) is 9.99. The molecule has 0 aliphatic heterocycles. The highest BCUT2D eigenvalue weighted by Crippen LogP contribution is 2.12. The normalized spacial score (nSPS) is 12.4. The maximum Gasteiger partial charge on any atom is 0.274 e. The largest absolute Gasteiger partial charge is 0.395 e. The lowest BCUT2D eigenvalue weighted by Gasteiger charge is -2.14. The van der Waals surface area contributed by atoms with Gasteiger partial charge in [-0.15, -0.1) is 0 Å². The standard InChI is InChI=1S/C10H18N4O3/c1-6-8(11)9(14-13-6)10(16)12-7(5-15)3-4-17-2/h7,15H,3-5,11H2,1-2H3,(H,12,16)(H,13,14). The summed E-state index contributed by atoms with van der Waals surface area (Å²) in [6.45, 7) is 2.03. The molecule has 1 aromatic rings. The van der Waals surface area contributed by atoms with Gasteiger partial charge in [0.05, 0.1) is 24.0 Å². The Morgan fingerprint density at radius 3 is 2.88 bits per heavy atom. The molecule has 1 heterocycles. The zero-order valence-electron chi connectivity index (χ0n) is 9.99. The van der Waals surface area contributed by atoms with Gasteiger partial charge in [0.2, 0.25) is 0 Å². The number of aromatic amines is 1. The summed E-state index contributed by atoms with van der Waals surface area (Å²) < 4.78 is 4.88. The first kappa shape index (κ1) is 13.5. The average Bonchev–Trinajstić information content (AvgIpc) is 2.65. The highest BCUT2D eigenvalue weighted by molar-refractivity contribution is 5.97. The van der Waals surface area contributed by atoms with Crippen molar-refractivity contribution in [3.8, 4) is 0 Å².